The summed E-state index contributed by atoms with van der Waals surface area (Å²) in [6, 6.07) is -1.01. The molecule has 2 N–H and O–H groups in total. The highest BCUT2D eigenvalue weighted by molar-refractivity contribution is 4.92. The van der Waals surface area contributed by atoms with Gasteiger partial charge in [-0.05, 0) is 20.8 Å². The van der Waals surface area contributed by atoms with E-state index < -0.39 is 12.0 Å². The average molecular weight is 192 g/mol. The number of rotatable bonds is 0. The monoisotopic (exact) mass is 192 g/mol. The maximum absolute atomic E-state index is 13.0. The Morgan fingerprint density at radius 2 is 1.92 bits per heavy atom. The molecule has 1 saturated heterocycles. The first-order chi connectivity index (χ1) is 5.73. The van der Waals surface area contributed by atoms with Crippen LogP contribution >= 0.6 is 0 Å². The summed E-state index contributed by atoms with van der Waals surface area (Å²) in [5.74, 6) is -2.68. The minimum absolute atomic E-state index is 0.0614. The Balaban J connectivity index is 2.61. The minimum atomic E-state index is -2.68. The maximum atomic E-state index is 13.0. The van der Waals surface area contributed by atoms with Gasteiger partial charge in [-0.15, -0.1) is 0 Å². The van der Waals surface area contributed by atoms with E-state index in [1.54, 1.807) is 0 Å². The standard InChI is InChI=1S/C9H18F2N2/c1-8(2,3)13-5-4-9(10,11)7(12)6-13/h7H,4-6,12H2,1-3H3. The van der Waals surface area contributed by atoms with Crippen molar-refractivity contribution in [2.45, 2.75) is 44.7 Å². The first-order valence-corrected chi connectivity index (χ1v) is 4.62. The zero-order valence-electron chi connectivity index (χ0n) is 8.48. The second-order valence-electron chi connectivity index (χ2n) is 4.73. The summed E-state index contributed by atoms with van der Waals surface area (Å²) >= 11 is 0. The van der Waals surface area contributed by atoms with Gasteiger partial charge in [0.05, 0.1) is 6.04 Å². The van der Waals surface area contributed by atoms with Crippen LogP contribution in [0.15, 0.2) is 0 Å². The number of nitrogens with zero attached hydrogens (tertiary/aromatic N) is 1. The zero-order valence-corrected chi connectivity index (χ0v) is 8.48. The van der Waals surface area contributed by atoms with Gasteiger partial charge >= 0.3 is 0 Å². The van der Waals surface area contributed by atoms with Crippen LogP contribution < -0.4 is 5.73 Å². The average Bonchev–Trinajstić information content (AvgIpc) is 1.92. The van der Waals surface area contributed by atoms with Crippen LogP contribution in [-0.2, 0) is 0 Å². The van der Waals surface area contributed by atoms with Gasteiger partial charge in [0.25, 0.3) is 5.92 Å². The van der Waals surface area contributed by atoms with Crippen molar-refractivity contribution in [3.63, 3.8) is 0 Å². The molecule has 1 heterocycles. The van der Waals surface area contributed by atoms with Crippen LogP contribution in [0, 0.1) is 0 Å². The van der Waals surface area contributed by atoms with Crippen LogP contribution in [0.3, 0.4) is 0 Å². The van der Waals surface area contributed by atoms with E-state index in [1.165, 1.54) is 0 Å². The van der Waals surface area contributed by atoms with Crippen LogP contribution in [0.5, 0.6) is 0 Å². The molecule has 2 nitrogen and oxygen atoms in total. The van der Waals surface area contributed by atoms with Gasteiger partial charge in [-0.25, -0.2) is 8.78 Å². The lowest BCUT2D eigenvalue weighted by molar-refractivity contribution is -0.0875. The molecule has 0 amide bonds. The molecule has 1 rings (SSSR count). The fraction of sp³-hybridized carbons (Fsp3) is 1.00. The summed E-state index contributed by atoms with van der Waals surface area (Å²) in [6.07, 6.45) is -0.120. The fourth-order valence-corrected chi connectivity index (χ4v) is 1.54. The summed E-state index contributed by atoms with van der Waals surface area (Å²) < 4.78 is 26.0. The number of hydrogen-bond donors (Lipinski definition) is 1. The Morgan fingerprint density at radius 3 is 2.31 bits per heavy atom. The number of likely N-dealkylation sites (tertiary alicyclic amines) is 1. The molecule has 0 radical (unpaired) electrons. The van der Waals surface area contributed by atoms with Gasteiger partial charge in [-0.1, -0.05) is 0 Å². The third-order valence-corrected chi connectivity index (χ3v) is 2.62. The molecule has 1 fully saturated rings. The molecule has 13 heavy (non-hydrogen) atoms. The molecule has 0 spiro atoms. The second kappa shape index (κ2) is 3.17. The lowest BCUT2D eigenvalue weighted by Gasteiger charge is -2.43. The molecule has 1 aliphatic rings. The van der Waals surface area contributed by atoms with E-state index in [0.29, 0.717) is 6.54 Å². The van der Waals surface area contributed by atoms with E-state index in [0.717, 1.165) is 0 Å². The molecular formula is C9H18F2N2. The molecule has 0 aromatic heterocycles. The van der Waals surface area contributed by atoms with Gasteiger partial charge in [0.15, 0.2) is 0 Å². The van der Waals surface area contributed by atoms with Gasteiger partial charge in [-0.3, -0.25) is 4.90 Å². The molecule has 1 atom stereocenters. The summed E-state index contributed by atoms with van der Waals surface area (Å²) in [7, 11) is 0. The van der Waals surface area contributed by atoms with E-state index in [9.17, 15) is 8.78 Å². The van der Waals surface area contributed by atoms with E-state index in [1.807, 2.05) is 25.7 Å². The third-order valence-electron chi connectivity index (χ3n) is 2.62. The van der Waals surface area contributed by atoms with Gasteiger partial charge in [0.2, 0.25) is 0 Å². The third kappa shape index (κ3) is 2.38. The van der Waals surface area contributed by atoms with E-state index >= 15 is 0 Å². The number of halogens is 2. The van der Waals surface area contributed by atoms with Crippen LogP contribution in [0.1, 0.15) is 27.2 Å². The summed E-state index contributed by atoms with van der Waals surface area (Å²) in [5.41, 5.74) is 5.35. The van der Waals surface area contributed by atoms with Crippen molar-refractivity contribution in [2.24, 2.45) is 5.73 Å². The molecule has 4 heteroatoms. The highest BCUT2D eigenvalue weighted by Gasteiger charge is 2.43. The molecule has 0 aliphatic carbocycles. The van der Waals surface area contributed by atoms with Crippen LogP contribution in [-0.4, -0.2) is 35.5 Å². The molecule has 0 aromatic carbocycles. The maximum Gasteiger partial charge on any atom is 0.265 e. The van der Waals surface area contributed by atoms with Crippen molar-refractivity contribution in [3.8, 4) is 0 Å². The SMILES string of the molecule is CC(C)(C)N1CCC(F)(F)C(N)C1. The largest absolute Gasteiger partial charge is 0.322 e. The van der Waals surface area contributed by atoms with E-state index in [-0.39, 0.29) is 18.5 Å². The molecule has 1 unspecified atom stereocenters. The molecular weight excluding hydrogens is 174 g/mol. The van der Waals surface area contributed by atoms with Crippen molar-refractivity contribution < 1.29 is 8.78 Å². The summed E-state index contributed by atoms with van der Waals surface area (Å²) in [4.78, 5) is 2.01. The van der Waals surface area contributed by atoms with Crippen LogP contribution in [0.25, 0.3) is 0 Å². The number of piperidine rings is 1. The number of hydrogen-bond acceptors (Lipinski definition) is 2. The first-order valence-electron chi connectivity index (χ1n) is 4.62. The zero-order chi connectivity index (χ0) is 10.3. The van der Waals surface area contributed by atoms with Crippen molar-refractivity contribution >= 4 is 0 Å². The lowest BCUT2D eigenvalue weighted by Crippen LogP contribution is -2.59. The summed E-state index contributed by atoms with van der Waals surface area (Å²) in [5, 5.41) is 0. The lowest BCUT2D eigenvalue weighted by atomic mass is 9.96. The molecule has 0 bridgehead atoms. The Kier molecular flexibility index (Phi) is 2.65. The first kappa shape index (κ1) is 10.9. The Hall–Kier alpha value is -0.220. The van der Waals surface area contributed by atoms with E-state index in [2.05, 4.69) is 0 Å². The molecule has 1 aliphatic heterocycles. The quantitative estimate of drug-likeness (QED) is 0.629. The molecule has 78 valence electrons. The number of alkyl halides is 2. The summed E-state index contributed by atoms with van der Waals surface area (Å²) in [6.45, 7) is 6.77. The van der Waals surface area contributed by atoms with Gasteiger partial charge in [0, 0.05) is 25.0 Å². The Morgan fingerprint density at radius 1 is 1.38 bits per heavy atom. The van der Waals surface area contributed by atoms with Crippen LogP contribution in [0.4, 0.5) is 8.78 Å². The molecule has 0 aromatic rings. The number of nitrogens with two attached hydrogens (primary N) is 1. The topological polar surface area (TPSA) is 29.3 Å². The fourth-order valence-electron chi connectivity index (χ4n) is 1.54. The van der Waals surface area contributed by atoms with E-state index in [4.69, 9.17) is 5.73 Å². The van der Waals surface area contributed by atoms with Gasteiger partial charge < -0.3 is 5.73 Å². The minimum Gasteiger partial charge on any atom is -0.322 e. The highest BCUT2D eigenvalue weighted by Crippen LogP contribution is 2.30. The van der Waals surface area contributed by atoms with Gasteiger partial charge in [-0.2, -0.15) is 0 Å². The normalized spacial score (nSPS) is 30.5. The Labute approximate surface area is 78.1 Å². The predicted molar refractivity (Wildman–Crippen MR) is 48.9 cm³/mol. The highest BCUT2D eigenvalue weighted by atomic mass is 19.3. The van der Waals surface area contributed by atoms with Crippen molar-refractivity contribution in [1.82, 2.24) is 4.90 Å². The van der Waals surface area contributed by atoms with Crippen LogP contribution in [0.2, 0.25) is 0 Å². The van der Waals surface area contributed by atoms with Gasteiger partial charge in [0.1, 0.15) is 0 Å². The van der Waals surface area contributed by atoms with Crippen molar-refractivity contribution in [3.05, 3.63) is 0 Å². The van der Waals surface area contributed by atoms with Crippen molar-refractivity contribution in [1.29, 1.82) is 0 Å². The second-order valence-corrected chi connectivity index (χ2v) is 4.73. The van der Waals surface area contributed by atoms with Crippen molar-refractivity contribution in [2.75, 3.05) is 13.1 Å². The predicted octanol–water partition coefficient (Wildman–Crippen LogP) is 1.45. The Bertz CT molecular complexity index is 187. The smallest absolute Gasteiger partial charge is 0.265 e. The molecule has 0 saturated carbocycles.